The molecule has 0 aliphatic carbocycles. The lowest BCUT2D eigenvalue weighted by Gasteiger charge is -2.14. The van der Waals surface area contributed by atoms with Crippen molar-refractivity contribution in [3.8, 4) is 5.75 Å². The number of carbonyl (C=O) groups is 1. The highest BCUT2D eigenvalue weighted by atomic mass is 16.5. The zero-order valence-electron chi connectivity index (χ0n) is 10.4. The Kier molecular flexibility index (Phi) is 5.66. The molecular weight excluding hydrogens is 220 g/mol. The minimum Gasteiger partial charge on any atom is -0.496 e. The molecule has 0 aliphatic heterocycles. The van der Waals surface area contributed by atoms with Gasteiger partial charge in [-0.05, 0) is 25.1 Å². The van der Waals surface area contributed by atoms with E-state index >= 15 is 0 Å². The average molecular weight is 238 g/mol. The largest absolute Gasteiger partial charge is 0.496 e. The van der Waals surface area contributed by atoms with Gasteiger partial charge in [-0.15, -0.1) is 0 Å². The molecule has 0 amide bonds. The third kappa shape index (κ3) is 4.17. The topological polar surface area (TPSA) is 44.8 Å². The summed E-state index contributed by atoms with van der Waals surface area (Å²) in [6.07, 6.45) is 0.811. The fourth-order valence-electron chi connectivity index (χ4n) is 1.50. The van der Waals surface area contributed by atoms with Crippen molar-refractivity contribution in [3.05, 3.63) is 29.3 Å². The van der Waals surface area contributed by atoms with Crippen molar-refractivity contribution in [1.82, 2.24) is 0 Å². The van der Waals surface area contributed by atoms with Crippen LogP contribution in [0.1, 0.15) is 22.8 Å². The van der Waals surface area contributed by atoms with Crippen molar-refractivity contribution in [2.45, 2.75) is 19.6 Å². The van der Waals surface area contributed by atoms with Gasteiger partial charge in [0.1, 0.15) is 12.0 Å². The second-order valence-corrected chi connectivity index (χ2v) is 3.77. The Morgan fingerprint density at radius 3 is 2.71 bits per heavy atom. The Balaban J connectivity index is 2.70. The van der Waals surface area contributed by atoms with Crippen molar-refractivity contribution in [3.63, 3.8) is 0 Å². The highest BCUT2D eigenvalue weighted by Gasteiger charge is 2.07. The number of carbonyl (C=O) groups excluding carboxylic acids is 1. The van der Waals surface area contributed by atoms with E-state index < -0.39 is 0 Å². The number of ether oxygens (including phenoxy) is 3. The minimum absolute atomic E-state index is 0.00425. The Bertz CT molecular complexity index is 362. The van der Waals surface area contributed by atoms with Crippen LogP contribution in [0.25, 0.3) is 0 Å². The van der Waals surface area contributed by atoms with Gasteiger partial charge in [0.05, 0.1) is 26.4 Å². The van der Waals surface area contributed by atoms with Crippen LogP contribution < -0.4 is 4.74 Å². The predicted molar refractivity (Wildman–Crippen MR) is 64.5 cm³/mol. The molecule has 0 fully saturated rings. The maximum absolute atomic E-state index is 10.7. The van der Waals surface area contributed by atoms with Crippen molar-refractivity contribution >= 4 is 6.29 Å². The molecule has 17 heavy (non-hydrogen) atoms. The van der Waals surface area contributed by atoms with E-state index in [9.17, 15) is 4.79 Å². The summed E-state index contributed by atoms with van der Waals surface area (Å²) in [5.74, 6) is 0.722. The SMILES string of the molecule is COCC(C)OCc1cc(C=O)ccc1OC. The third-order valence-electron chi connectivity index (χ3n) is 2.37. The number of methoxy groups -OCH3 is 2. The van der Waals surface area contributed by atoms with Crippen LogP contribution in [0.3, 0.4) is 0 Å². The first kappa shape index (κ1) is 13.7. The van der Waals surface area contributed by atoms with Crippen molar-refractivity contribution in [1.29, 1.82) is 0 Å². The number of benzene rings is 1. The van der Waals surface area contributed by atoms with E-state index in [1.54, 1.807) is 32.4 Å². The minimum atomic E-state index is 0.00425. The molecule has 0 spiro atoms. The molecule has 1 aromatic carbocycles. The van der Waals surface area contributed by atoms with Crippen LogP contribution >= 0.6 is 0 Å². The van der Waals surface area contributed by atoms with E-state index in [1.807, 2.05) is 6.92 Å². The Labute approximate surface area is 101 Å². The molecule has 0 aromatic heterocycles. The van der Waals surface area contributed by atoms with E-state index in [0.29, 0.717) is 18.8 Å². The summed E-state index contributed by atoms with van der Waals surface area (Å²) in [6, 6.07) is 5.25. The summed E-state index contributed by atoms with van der Waals surface area (Å²) >= 11 is 0. The van der Waals surface area contributed by atoms with E-state index in [2.05, 4.69) is 0 Å². The monoisotopic (exact) mass is 238 g/mol. The molecule has 4 heteroatoms. The van der Waals surface area contributed by atoms with Gasteiger partial charge in [0.2, 0.25) is 0 Å². The van der Waals surface area contributed by atoms with E-state index in [-0.39, 0.29) is 6.10 Å². The first-order valence-corrected chi connectivity index (χ1v) is 5.44. The molecule has 0 N–H and O–H groups in total. The lowest BCUT2D eigenvalue weighted by atomic mass is 10.1. The summed E-state index contributed by atoms with van der Waals surface area (Å²) in [5, 5.41) is 0. The number of hydrogen-bond acceptors (Lipinski definition) is 4. The quantitative estimate of drug-likeness (QED) is 0.682. The van der Waals surface area contributed by atoms with Crippen LogP contribution in [0.2, 0.25) is 0 Å². The molecule has 0 radical (unpaired) electrons. The highest BCUT2D eigenvalue weighted by molar-refractivity contribution is 5.75. The van der Waals surface area contributed by atoms with Gasteiger partial charge in [-0.2, -0.15) is 0 Å². The molecule has 0 saturated heterocycles. The van der Waals surface area contributed by atoms with E-state index in [0.717, 1.165) is 17.6 Å². The maximum atomic E-state index is 10.7. The normalized spacial score (nSPS) is 12.2. The van der Waals surface area contributed by atoms with Crippen LogP contribution in [0.15, 0.2) is 18.2 Å². The van der Waals surface area contributed by atoms with Crippen LogP contribution in [-0.2, 0) is 16.1 Å². The Hall–Kier alpha value is -1.39. The van der Waals surface area contributed by atoms with Gasteiger partial charge >= 0.3 is 0 Å². The zero-order chi connectivity index (χ0) is 12.7. The second kappa shape index (κ2) is 7.04. The van der Waals surface area contributed by atoms with E-state index in [1.165, 1.54) is 0 Å². The molecule has 0 saturated carbocycles. The van der Waals surface area contributed by atoms with E-state index in [4.69, 9.17) is 14.2 Å². The van der Waals surface area contributed by atoms with Crippen LogP contribution in [0.4, 0.5) is 0 Å². The molecule has 94 valence electrons. The molecule has 1 unspecified atom stereocenters. The lowest BCUT2D eigenvalue weighted by Crippen LogP contribution is -2.14. The summed E-state index contributed by atoms with van der Waals surface area (Å²) in [7, 11) is 3.23. The van der Waals surface area contributed by atoms with Crippen molar-refractivity contribution in [2.75, 3.05) is 20.8 Å². The smallest absolute Gasteiger partial charge is 0.150 e. The van der Waals surface area contributed by atoms with Gasteiger partial charge < -0.3 is 14.2 Å². The lowest BCUT2D eigenvalue weighted by molar-refractivity contribution is -0.000742. The summed E-state index contributed by atoms with van der Waals surface area (Å²) in [6.45, 7) is 2.87. The van der Waals surface area contributed by atoms with Crippen molar-refractivity contribution in [2.24, 2.45) is 0 Å². The van der Waals surface area contributed by atoms with Crippen LogP contribution in [-0.4, -0.2) is 33.2 Å². The fraction of sp³-hybridized carbons (Fsp3) is 0.462. The van der Waals surface area contributed by atoms with Gasteiger partial charge in [0.15, 0.2) is 0 Å². The van der Waals surface area contributed by atoms with Crippen LogP contribution in [0, 0.1) is 0 Å². The highest BCUT2D eigenvalue weighted by Crippen LogP contribution is 2.20. The molecule has 1 rings (SSSR count). The average Bonchev–Trinajstić information content (AvgIpc) is 2.36. The van der Waals surface area contributed by atoms with Crippen molar-refractivity contribution < 1.29 is 19.0 Å². The van der Waals surface area contributed by atoms with Gasteiger partial charge in [-0.1, -0.05) is 0 Å². The Morgan fingerprint density at radius 1 is 1.35 bits per heavy atom. The first-order chi connectivity index (χ1) is 8.21. The number of aldehydes is 1. The summed E-state index contributed by atoms with van der Waals surface area (Å²) < 4.78 is 15.8. The van der Waals surface area contributed by atoms with Gasteiger partial charge in [0, 0.05) is 18.2 Å². The van der Waals surface area contributed by atoms with Gasteiger partial charge in [-0.25, -0.2) is 0 Å². The van der Waals surface area contributed by atoms with Gasteiger partial charge in [-0.3, -0.25) is 4.79 Å². The molecule has 4 nitrogen and oxygen atoms in total. The zero-order valence-corrected chi connectivity index (χ0v) is 10.4. The molecule has 1 atom stereocenters. The summed E-state index contributed by atoms with van der Waals surface area (Å²) in [4.78, 5) is 10.7. The number of rotatable bonds is 7. The van der Waals surface area contributed by atoms with Gasteiger partial charge in [0.25, 0.3) is 0 Å². The Morgan fingerprint density at radius 2 is 2.12 bits per heavy atom. The molecular formula is C13H18O4. The molecule has 0 aliphatic rings. The summed E-state index contributed by atoms with van der Waals surface area (Å²) in [5.41, 5.74) is 1.48. The molecule has 0 heterocycles. The standard InChI is InChI=1S/C13H18O4/c1-10(8-15-2)17-9-12-6-11(7-14)4-5-13(12)16-3/h4-7,10H,8-9H2,1-3H3. The maximum Gasteiger partial charge on any atom is 0.150 e. The molecule has 0 bridgehead atoms. The van der Waals surface area contributed by atoms with Crippen LogP contribution in [0.5, 0.6) is 5.75 Å². The second-order valence-electron chi connectivity index (χ2n) is 3.77. The molecule has 1 aromatic rings. The fourth-order valence-corrected chi connectivity index (χ4v) is 1.50. The predicted octanol–water partition coefficient (Wildman–Crippen LogP) is 2.06. The third-order valence-corrected chi connectivity index (χ3v) is 2.37. The first-order valence-electron chi connectivity index (χ1n) is 5.44. The number of hydrogen-bond donors (Lipinski definition) is 0.